The Morgan fingerprint density at radius 3 is 2.55 bits per heavy atom. The number of hydrogen-bond acceptors (Lipinski definition) is 5. The van der Waals surface area contributed by atoms with Gasteiger partial charge in [-0.05, 0) is 24.6 Å². The summed E-state index contributed by atoms with van der Waals surface area (Å²) in [5.41, 5.74) is 1.70. The Morgan fingerprint density at radius 1 is 1.28 bits per heavy atom. The molecule has 6 nitrogen and oxygen atoms in total. The molecule has 152 valence electrons. The topological polar surface area (TPSA) is 72.4 Å². The van der Waals surface area contributed by atoms with Crippen LogP contribution < -0.4 is 0 Å². The molecule has 3 heterocycles. The summed E-state index contributed by atoms with van der Waals surface area (Å²) in [6.45, 7) is 7.90. The van der Waals surface area contributed by atoms with Crippen molar-refractivity contribution >= 4 is 17.3 Å². The zero-order valence-electron chi connectivity index (χ0n) is 16.8. The first-order valence-electron chi connectivity index (χ1n) is 9.75. The van der Waals surface area contributed by atoms with E-state index in [-0.39, 0.29) is 11.9 Å². The van der Waals surface area contributed by atoms with Gasteiger partial charge in [-0.15, -0.1) is 0 Å². The molecule has 2 atom stereocenters. The molecule has 0 spiro atoms. The van der Waals surface area contributed by atoms with Gasteiger partial charge >= 0.3 is 0 Å². The van der Waals surface area contributed by atoms with Gasteiger partial charge in [-0.1, -0.05) is 44.6 Å². The Bertz CT molecular complexity index is 873. The molecule has 29 heavy (non-hydrogen) atoms. The molecule has 1 aliphatic heterocycles. The zero-order chi connectivity index (χ0) is 20.8. The van der Waals surface area contributed by atoms with Crippen LogP contribution in [0.1, 0.15) is 38.8 Å². The lowest BCUT2D eigenvalue weighted by molar-refractivity contribution is -0.129. The number of hydrogen-bond donors (Lipinski definition) is 0. The Labute approximate surface area is 175 Å². The molecular formula is C22H26N4O2S. The molecule has 2 aromatic rings. The molecule has 1 amide bonds. The number of carbonyl (C=O) groups is 1. The minimum absolute atomic E-state index is 0.0594. The average molecular weight is 411 g/mol. The first-order valence-corrected chi connectivity index (χ1v) is 10.9. The summed E-state index contributed by atoms with van der Waals surface area (Å²) in [7, 11) is 0. The largest absolute Gasteiger partial charge is 0.586 e. The third-order valence-electron chi connectivity index (χ3n) is 4.84. The van der Waals surface area contributed by atoms with Gasteiger partial charge in [0.05, 0.1) is 12.2 Å². The summed E-state index contributed by atoms with van der Waals surface area (Å²) >= 11 is -1.52. The van der Waals surface area contributed by atoms with Crippen molar-refractivity contribution in [2.24, 2.45) is 0 Å². The Balaban J connectivity index is 1.99. The summed E-state index contributed by atoms with van der Waals surface area (Å²) in [5, 5.41) is 0.468. The van der Waals surface area contributed by atoms with Crippen molar-refractivity contribution < 1.29 is 9.35 Å². The summed E-state index contributed by atoms with van der Waals surface area (Å²) in [4.78, 5) is 22.8. The van der Waals surface area contributed by atoms with Crippen molar-refractivity contribution in [1.29, 1.82) is 0 Å². The Kier molecular flexibility index (Phi) is 7.06. The van der Waals surface area contributed by atoms with E-state index in [4.69, 9.17) is 0 Å². The number of carbonyl (C=O) groups excluding carboxylic acids is 1. The van der Waals surface area contributed by atoms with E-state index >= 15 is 0 Å². The van der Waals surface area contributed by atoms with Crippen LogP contribution in [0.25, 0.3) is 0 Å². The van der Waals surface area contributed by atoms with Crippen LogP contribution in [0.4, 0.5) is 0 Å². The molecule has 1 unspecified atom stereocenters. The van der Waals surface area contributed by atoms with Gasteiger partial charge in [0.2, 0.25) is 5.91 Å². The lowest BCUT2D eigenvalue weighted by Crippen LogP contribution is -2.55. The first-order chi connectivity index (χ1) is 14.1. The molecule has 2 aromatic heterocycles. The summed E-state index contributed by atoms with van der Waals surface area (Å²) in [6.07, 6.45) is 7.97. The summed E-state index contributed by atoms with van der Waals surface area (Å²) < 4.78 is 15.2. The fraction of sp³-hybridized carbons (Fsp3) is 0.318. The monoisotopic (exact) mass is 410 g/mol. The second-order valence-corrected chi connectivity index (χ2v) is 8.12. The smallest absolute Gasteiger partial charge is 0.271 e. The maximum absolute atomic E-state index is 13.4. The molecular weight excluding hydrogens is 384 g/mol. The van der Waals surface area contributed by atoms with Gasteiger partial charge in [0.1, 0.15) is 17.4 Å². The van der Waals surface area contributed by atoms with Gasteiger partial charge < -0.3 is 4.55 Å². The number of unbranched alkanes of at least 4 members (excludes halogenated alkanes) is 1. The van der Waals surface area contributed by atoms with E-state index < -0.39 is 11.4 Å². The number of aromatic nitrogens is 2. The van der Waals surface area contributed by atoms with Crippen molar-refractivity contribution in [1.82, 2.24) is 19.2 Å². The number of nitrogens with zero attached hydrogens (tertiary/aromatic N) is 4. The maximum atomic E-state index is 13.4. The second-order valence-electron chi connectivity index (χ2n) is 6.81. The van der Waals surface area contributed by atoms with E-state index in [1.807, 2.05) is 24.3 Å². The minimum atomic E-state index is -1.52. The highest BCUT2D eigenvalue weighted by atomic mass is 32.2. The van der Waals surface area contributed by atoms with Gasteiger partial charge in [0.25, 0.3) is 5.03 Å². The van der Waals surface area contributed by atoms with E-state index in [9.17, 15) is 9.35 Å². The molecule has 3 rings (SSSR count). The van der Waals surface area contributed by atoms with E-state index in [1.165, 1.54) is 6.92 Å². The van der Waals surface area contributed by atoms with Crippen LogP contribution in [0, 0.1) is 0 Å². The van der Waals surface area contributed by atoms with Crippen LogP contribution in [0.3, 0.4) is 0 Å². The quantitative estimate of drug-likeness (QED) is 0.588. The Hall–Kier alpha value is -2.64. The van der Waals surface area contributed by atoms with Crippen LogP contribution in [-0.2, 0) is 22.7 Å². The molecule has 1 aliphatic rings. The predicted octanol–water partition coefficient (Wildman–Crippen LogP) is 3.82. The second kappa shape index (κ2) is 9.71. The third-order valence-corrected chi connectivity index (χ3v) is 6.22. The lowest BCUT2D eigenvalue weighted by atomic mass is 9.94. The fourth-order valence-corrected chi connectivity index (χ4v) is 4.75. The van der Waals surface area contributed by atoms with E-state index in [1.54, 1.807) is 39.8 Å². The van der Waals surface area contributed by atoms with Crippen molar-refractivity contribution in [2.75, 3.05) is 0 Å². The van der Waals surface area contributed by atoms with Crippen LogP contribution >= 0.6 is 0 Å². The Morgan fingerprint density at radius 2 is 2.00 bits per heavy atom. The molecule has 0 aromatic carbocycles. The molecule has 0 saturated carbocycles. The van der Waals surface area contributed by atoms with Crippen molar-refractivity contribution in [3.8, 4) is 0 Å². The van der Waals surface area contributed by atoms with E-state index in [2.05, 4.69) is 23.5 Å². The molecule has 0 saturated heterocycles. The van der Waals surface area contributed by atoms with Gasteiger partial charge in [0.15, 0.2) is 5.82 Å². The molecule has 0 radical (unpaired) electrons. The highest BCUT2D eigenvalue weighted by molar-refractivity contribution is 7.89. The van der Waals surface area contributed by atoms with Gasteiger partial charge in [-0.3, -0.25) is 14.7 Å². The lowest BCUT2D eigenvalue weighted by Gasteiger charge is -2.46. The maximum Gasteiger partial charge on any atom is 0.271 e. The number of rotatable bonds is 9. The van der Waals surface area contributed by atoms with Gasteiger partial charge in [-0.2, -0.15) is 4.31 Å². The standard InChI is InChI=1S/C22H26N4O2S/c1-4-6-12-20-19(5-2)22(26(20)29(28)21-13-8-10-15-24-21)25(17(3)27)16-18-11-7-9-14-23-18/h5,7-11,13-15,20H,2,4,6,12,16H2,1,3H3/t20-,29?/m0/s1. The van der Waals surface area contributed by atoms with Crippen LogP contribution in [-0.4, -0.2) is 35.7 Å². The van der Waals surface area contributed by atoms with E-state index in [0.29, 0.717) is 17.4 Å². The molecule has 7 heteroatoms. The molecule has 0 fully saturated rings. The highest BCUT2D eigenvalue weighted by Crippen LogP contribution is 2.41. The number of amides is 1. The first kappa shape index (κ1) is 21.1. The minimum Gasteiger partial charge on any atom is -0.586 e. The van der Waals surface area contributed by atoms with Crippen LogP contribution in [0.15, 0.2) is 77.9 Å². The number of pyridine rings is 2. The van der Waals surface area contributed by atoms with Crippen LogP contribution in [0.5, 0.6) is 0 Å². The molecule has 0 aliphatic carbocycles. The highest BCUT2D eigenvalue weighted by Gasteiger charge is 2.48. The third kappa shape index (κ3) is 4.52. The van der Waals surface area contributed by atoms with Crippen molar-refractivity contribution in [2.45, 2.75) is 50.7 Å². The SMILES string of the molecule is C=CC1=C(N(Cc2ccccn2)C(C)=O)N([S+]([O-])c2ccccn2)[C@H]1CCCC. The van der Waals surface area contributed by atoms with E-state index in [0.717, 1.165) is 30.5 Å². The van der Waals surface area contributed by atoms with Gasteiger partial charge in [-0.25, -0.2) is 4.98 Å². The van der Waals surface area contributed by atoms with Crippen LogP contribution in [0.2, 0.25) is 0 Å². The summed E-state index contributed by atoms with van der Waals surface area (Å²) in [5.74, 6) is 0.491. The molecule has 0 bridgehead atoms. The molecule has 0 N–H and O–H groups in total. The average Bonchev–Trinajstić information content (AvgIpc) is 2.73. The zero-order valence-corrected chi connectivity index (χ0v) is 17.6. The normalized spacial score (nSPS) is 16.9. The van der Waals surface area contributed by atoms with Crippen molar-refractivity contribution in [3.63, 3.8) is 0 Å². The van der Waals surface area contributed by atoms with Crippen molar-refractivity contribution in [3.05, 3.63) is 78.5 Å². The fourth-order valence-electron chi connectivity index (χ4n) is 3.39. The van der Waals surface area contributed by atoms with Gasteiger partial charge in [0, 0.05) is 31.0 Å². The predicted molar refractivity (Wildman–Crippen MR) is 113 cm³/mol. The summed E-state index contributed by atoms with van der Waals surface area (Å²) in [6, 6.07) is 10.9.